The number of carbonyl (C=O) groups is 3. The first-order valence-corrected chi connectivity index (χ1v) is 16.4. The van der Waals surface area contributed by atoms with E-state index >= 15 is 0 Å². The van der Waals surface area contributed by atoms with Gasteiger partial charge in [0.05, 0.1) is 19.5 Å². The molecular formula is C36H32BrN3O6S. The average molecular weight is 715 g/mol. The maximum Gasteiger partial charge on any atom is 0.274 e. The molecule has 0 bridgehead atoms. The second-order valence-corrected chi connectivity index (χ2v) is 12.7. The molecule has 2 atom stereocenters. The zero-order valence-electron chi connectivity index (χ0n) is 25.7. The fourth-order valence-corrected chi connectivity index (χ4v) is 7.07. The average Bonchev–Trinajstić information content (AvgIpc) is 3.43. The number of hydroxylamine groups is 1. The van der Waals surface area contributed by atoms with Crippen molar-refractivity contribution in [1.29, 1.82) is 0 Å². The number of nitrogens with zero attached hydrogens (tertiary/aromatic N) is 1. The molecule has 11 heteroatoms. The minimum absolute atomic E-state index is 0.0267. The summed E-state index contributed by atoms with van der Waals surface area (Å²) in [5, 5.41) is 11.0. The molecule has 4 aromatic rings. The molecule has 0 saturated carbocycles. The maximum atomic E-state index is 13.9. The Bertz CT molecular complexity index is 1820. The summed E-state index contributed by atoms with van der Waals surface area (Å²) >= 11 is 4.92. The van der Waals surface area contributed by atoms with Crippen molar-refractivity contribution in [3.8, 4) is 23.3 Å². The SMILES string of the molecule is COc1cc(Br)c(CCNC(=O)C[C@H]2S[C@@H](c3ccc(C#Cc4ccccc4)cc3)N(c3cccc(C(=O)NO)c3)C2=O)cc1OC. The van der Waals surface area contributed by atoms with Crippen LogP contribution in [0.4, 0.5) is 5.69 Å². The van der Waals surface area contributed by atoms with Gasteiger partial charge in [-0.25, -0.2) is 5.48 Å². The molecule has 1 fully saturated rings. The quantitative estimate of drug-likeness (QED) is 0.107. The van der Waals surface area contributed by atoms with Crippen LogP contribution in [0.15, 0.2) is 95.5 Å². The summed E-state index contributed by atoms with van der Waals surface area (Å²) in [6, 6.07) is 27.5. The lowest BCUT2D eigenvalue weighted by Gasteiger charge is -2.24. The molecule has 0 aliphatic carbocycles. The lowest BCUT2D eigenvalue weighted by Crippen LogP contribution is -2.35. The first kappa shape index (κ1) is 33.6. The Hall–Kier alpha value is -4.76. The van der Waals surface area contributed by atoms with E-state index in [2.05, 4.69) is 33.1 Å². The summed E-state index contributed by atoms with van der Waals surface area (Å²) in [5.41, 5.74) is 5.80. The van der Waals surface area contributed by atoms with Crippen molar-refractivity contribution in [3.05, 3.63) is 123 Å². The molecule has 0 unspecified atom stereocenters. The highest BCUT2D eigenvalue weighted by Gasteiger charge is 2.43. The molecule has 3 N–H and O–H groups in total. The third-order valence-corrected chi connectivity index (χ3v) is 9.67. The number of nitrogens with one attached hydrogen (secondary N) is 2. The Kier molecular flexibility index (Phi) is 11.2. The van der Waals surface area contributed by atoms with E-state index in [0.29, 0.717) is 30.2 Å². The van der Waals surface area contributed by atoms with E-state index in [9.17, 15) is 14.4 Å². The second-order valence-electron chi connectivity index (χ2n) is 10.5. The van der Waals surface area contributed by atoms with Gasteiger partial charge in [0.15, 0.2) is 11.5 Å². The maximum absolute atomic E-state index is 13.9. The summed E-state index contributed by atoms with van der Waals surface area (Å²) in [5.74, 6) is 6.29. The van der Waals surface area contributed by atoms with Crippen LogP contribution in [-0.2, 0) is 16.0 Å². The van der Waals surface area contributed by atoms with E-state index in [0.717, 1.165) is 26.7 Å². The number of amides is 3. The molecule has 1 aliphatic heterocycles. The van der Waals surface area contributed by atoms with Crippen molar-refractivity contribution >= 4 is 51.1 Å². The Morgan fingerprint density at radius 1 is 0.915 bits per heavy atom. The number of hydrogen-bond acceptors (Lipinski definition) is 7. The van der Waals surface area contributed by atoms with Gasteiger partial charge in [0.1, 0.15) is 5.37 Å². The number of ether oxygens (including phenoxy) is 2. The molecule has 5 rings (SSSR count). The van der Waals surface area contributed by atoms with E-state index in [1.807, 2.05) is 66.7 Å². The fourth-order valence-electron chi connectivity index (χ4n) is 5.09. The summed E-state index contributed by atoms with van der Waals surface area (Å²) in [4.78, 5) is 40.8. The summed E-state index contributed by atoms with van der Waals surface area (Å²) in [6.07, 6.45) is 0.507. The lowest BCUT2D eigenvalue weighted by atomic mass is 10.1. The highest BCUT2D eigenvalue weighted by Crippen LogP contribution is 2.46. The molecular weight excluding hydrogens is 682 g/mol. The van der Waals surface area contributed by atoms with Gasteiger partial charge < -0.3 is 14.8 Å². The third kappa shape index (κ3) is 8.16. The Balaban J connectivity index is 1.32. The minimum Gasteiger partial charge on any atom is -0.493 e. The molecule has 4 aromatic carbocycles. The van der Waals surface area contributed by atoms with Crippen molar-refractivity contribution in [2.75, 3.05) is 25.7 Å². The zero-order chi connectivity index (χ0) is 33.3. The topological polar surface area (TPSA) is 117 Å². The molecule has 1 heterocycles. The predicted molar refractivity (Wildman–Crippen MR) is 185 cm³/mol. The van der Waals surface area contributed by atoms with Crippen LogP contribution < -0.4 is 25.2 Å². The number of anilines is 1. The summed E-state index contributed by atoms with van der Waals surface area (Å²) in [6.45, 7) is 0.357. The van der Waals surface area contributed by atoms with Gasteiger partial charge in [-0.3, -0.25) is 24.5 Å². The van der Waals surface area contributed by atoms with E-state index < -0.39 is 16.5 Å². The molecule has 1 aliphatic rings. The monoisotopic (exact) mass is 713 g/mol. The van der Waals surface area contributed by atoms with Gasteiger partial charge in [-0.1, -0.05) is 64.2 Å². The van der Waals surface area contributed by atoms with Gasteiger partial charge in [0, 0.05) is 39.8 Å². The van der Waals surface area contributed by atoms with Gasteiger partial charge in [-0.05, 0) is 72.1 Å². The van der Waals surface area contributed by atoms with Crippen molar-refractivity contribution in [2.45, 2.75) is 23.5 Å². The Morgan fingerprint density at radius 3 is 2.28 bits per heavy atom. The van der Waals surface area contributed by atoms with Crippen LogP contribution in [0.3, 0.4) is 0 Å². The fraction of sp³-hybridized carbons (Fsp3) is 0.194. The van der Waals surface area contributed by atoms with E-state index in [1.54, 1.807) is 48.9 Å². The lowest BCUT2D eigenvalue weighted by molar-refractivity contribution is -0.124. The van der Waals surface area contributed by atoms with Crippen molar-refractivity contribution in [3.63, 3.8) is 0 Å². The summed E-state index contributed by atoms with van der Waals surface area (Å²) < 4.78 is 11.6. The molecule has 9 nitrogen and oxygen atoms in total. The number of hydrogen-bond donors (Lipinski definition) is 3. The highest BCUT2D eigenvalue weighted by atomic mass is 79.9. The van der Waals surface area contributed by atoms with Crippen molar-refractivity contribution in [2.24, 2.45) is 0 Å². The number of halogens is 1. The minimum atomic E-state index is -0.693. The molecule has 0 radical (unpaired) electrons. The van der Waals surface area contributed by atoms with Gasteiger partial charge in [0.2, 0.25) is 11.8 Å². The number of carbonyl (C=O) groups excluding carboxylic acids is 3. The van der Waals surface area contributed by atoms with Crippen LogP contribution in [0, 0.1) is 11.8 Å². The molecule has 240 valence electrons. The largest absolute Gasteiger partial charge is 0.493 e. The van der Waals surface area contributed by atoms with Gasteiger partial charge in [-0.2, -0.15) is 0 Å². The van der Waals surface area contributed by atoms with Crippen LogP contribution in [0.2, 0.25) is 0 Å². The van der Waals surface area contributed by atoms with E-state index in [4.69, 9.17) is 14.7 Å². The van der Waals surface area contributed by atoms with Gasteiger partial charge in [0.25, 0.3) is 5.91 Å². The Morgan fingerprint density at radius 2 is 1.60 bits per heavy atom. The number of thioether (sulfide) groups is 1. The van der Waals surface area contributed by atoms with Crippen molar-refractivity contribution < 1.29 is 29.1 Å². The standard InChI is InChI=1S/C36H32BrN3O6S/c1-45-30-20-26(29(37)21-31(30)46-2)17-18-38-33(41)22-32-35(43)40(28-10-6-9-27(19-28)34(42)39-44)36(47-32)25-15-13-24(14-16-25)12-11-23-7-4-3-5-8-23/h3-10,13-16,19-21,32,36,44H,17-18,22H2,1-2H3,(H,38,41)(H,39,42)/t32-,36+/m1/s1. The molecule has 1 saturated heterocycles. The van der Waals surface area contributed by atoms with E-state index in [-0.39, 0.29) is 23.8 Å². The molecule has 0 spiro atoms. The third-order valence-electron chi connectivity index (χ3n) is 7.49. The summed E-state index contributed by atoms with van der Waals surface area (Å²) in [7, 11) is 3.13. The van der Waals surface area contributed by atoms with Crippen molar-refractivity contribution in [1.82, 2.24) is 10.8 Å². The van der Waals surface area contributed by atoms with Gasteiger partial charge >= 0.3 is 0 Å². The molecule has 47 heavy (non-hydrogen) atoms. The van der Waals surface area contributed by atoms with E-state index in [1.165, 1.54) is 11.8 Å². The number of benzene rings is 4. The normalized spacial score (nSPS) is 15.4. The Labute approximate surface area is 285 Å². The van der Waals surface area contributed by atoms with Gasteiger partial charge in [-0.15, -0.1) is 11.8 Å². The van der Waals surface area contributed by atoms with Crippen LogP contribution >= 0.6 is 27.7 Å². The molecule has 0 aromatic heterocycles. The highest BCUT2D eigenvalue weighted by molar-refractivity contribution is 9.10. The molecule has 3 amide bonds. The predicted octanol–water partition coefficient (Wildman–Crippen LogP) is 5.88. The number of methoxy groups -OCH3 is 2. The first-order valence-electron chi connectivity index (χ1n) is 14.7. The van der Waals surface area contributed by atoms with Crippen LogP contribution in [0.1, 0.15) is 44.4 Å². The van der Waals surface area contributed by atoms with Crippen LogP contribution in [-0.4, -0.2) is 48.9 Å². The zero-order valence-corrected chi connectivity index (χ0v) is 28.1. The second kappa shape index (κ2) is 15.7. The first-order chi connectivity index (χ1) is 22.8. The van der Waals surface area contributed by atoms with Crippen LogP contribution in [0.5, 0.6) is 11.5 Å². The van der Waals surface area contributed by atoms with Crippen LogP contribution in [0.25, 0.3) is 0 Å². The smallest absolute Gasteiger partial charge is 0.274 e. The number of rotatable bonds is 10.